The molecule has 0 aliphatic carbocycles. The molecule has 0 atom stereocenters. The van der Waals surface area contributed by atoms with Gasteiger partial charge in [-0.25, -0.2) is 0 Å². The summed E-state index contributed by atoms with van der Waals surface area (Å²) in [5.74, 6) is -0.297. The van der Waals surface area contributed by atoms with Crippen molar-refractivity contribution in [2.24, 2.45) is 0 Å². The van der Waals surface area contributed by atoms with Crippen LogP contribution in [0.3, 0.4) is 0 Å². The molecule has 0 aromatic heterocycles. The number of hydrogen-bond acceptors (Lipinski definition) is 6. The number of rotatable bonds is 17. The Morgan fingerprint density at radius 3 is 1.33 bits per heavy atom. The predicted molar refractivity (Wildman–Crippen MR) is 91.8 cm³/mol. The monoisotopic (exact) mass is 346 g/mol. The Morgan fingerprint density at radius 1 is 0.583 bits per heavy atom. The van der Waals surface area contributed by atoms with E-state index in [0.717, 1.165) is 38.5 Å². The number of hydrogen-bond donors (Lipinski definition) is 0. The lowest BCUT2D eigenvalue weighted by Crippen LogP contribution is -2.10. The largest absolute Gasteiger partial charge is 0.463 e. The average molecular weight is 346 g/mol. The Kier molecular flexibility index (Phi) is 17.3. The Hall–Kier alpha value is -1.14. The lowest BCUT2D eigenvalue weighted by Gasteiger charge is -2.05. The number of carbonyl (C=O) groups excluding carboxylic acids is 2. The normalized spacial score (nSPS) is 10.6. The van der Waals surface area contributed by atoms with Gasteiger partial charge in [0.15, 0.2) is 0 Å². The fraction of sp³-hybridized carbons (Fsp3) is 0.889. The summed E-state index contributed by atoms with van der Waals surface area (Å²) in [4.78, 5) is 22.8. The smallest absolute Gasteiger partial charge is 0.305 e. The number of ether oxygens (including phenoxy) is 4. The second-order valence-electron chi connectivity index (χ2n) is 5.46. The number of carbonyl (C=O) groups is 2. The van der Waals surface area contributed by atoms with E-state index >= 15 is 0 Å². The van der Waals surface area contributed by atoms with Gasteiger partial charge in [0.2, 0.25) is 0 Å². The van der Waals surface area contributed by atoms with Crippen molar-refractivity contribution in [3.63, 3.8) is 0 Å². The van der Waals surface area contributed by atoms with Gasteiger partial charge in [-0.15, -0.1) is 0 Å². The minimum atomic E-state index is -0.149. The van der Waals surface area contributed by atoms with Crippen LogP contribution < -0.4 is 0 Å². The van der Waals surface area contributed by atoms with E-state index in [1.807, 2.05) is 13.8 Å². The van der Waals surface area contributed by atoms with Gasteiger partial charge in [-0.2, -0.15) is 0 Å². The molecule has 0 fully saturated rings. The van der Waals surface area contributed by atoms with E-state index in [9.17, 15) is 9.59 Å². The third-order valence-electron chi connectivity index (χ3n) is 3.40. The fourth-order valence-electron chi connectivity index (χ4n) is 2.11. The van der Waals surface area contributed by atoms with E-state index in [4.69, 9.17) is 18.9 Å². The highest BCUT2D eigenvalue weighted by molar-refractivity contribution is 5.69. The van der Waals surface area contributed by atoms with Crippen LogP contribution in [0.15, 0.2) is 0 Å². The van der Waals surface area contributed by atoms with Crippen LogP contribution in [0.2, 0.25) is 0 Å². The molecule has 0 saturated carbocycles. The third-order valence-corrected chi connectivity index (χ3v) is 3.40. The summed E-state index contributed by atoms with van der Waals surface area (Å²) in [7, 11) is 0. The second kappa shape index (κ2) is 18.2. The first-order chi connectivity index (χ1) is 11.7. The molecule has 0 bridgehead atoms. The molecule has 0 aliphatic rings. The minimum absolute atomic E-state index is 0.149. The van der Waals surface area contributed by atoms with Crippen LogP contribution >= 0.6 is 0 Å². The van der Waals surface area contributed by atoms with Crippen molar-refractivity contribution in [3.8, 4) is 0 Å². The highest BCUT2D eigenvalue weighted by Gasteiger charge is 2.04. The van der Waals surface area contributed by atoms with Crippen LogP contribution in [-0.4, -0.2) is 51.6 Å². The maximum Gasteiger partial charge on any atom is 0.305 e. The molecule has 6 nitrogen and oxygen atoms in total. The maximum absolute atomic E-state index is 11.4. The molecule has 0 radical (unpaired) electrons. The second-order valence-corrected chi connectivity index (χ2v) is 5.46. The zero-order valence-corrected chi connectivity index (χ0v) is 15.3. The van der Waals surface area contributed by atoms with Crippen molar-refractivity contribution >= 4 is 11.9 Å². The highest BCUT2D eigenvalue weighted by atomic mass is 16.6. The van der Waals surface area contributed by atoms with Crippen LogP contribution in [0.5, 0.6) is 0 Å². The molecule has 0 N–H and O–H groups in total. The van der Waals surface area contributed by atoms with E-state index in [1.165, 1.54) is 0 Å². The van der Waals surface area contributed by atoms with Crippen LogP contribution in [-0.2, 0) is 28.5 Å². The molecule has 6 heteroatoms. The van der Waals surface area contributed by atoms with Crippen LogP contribution in [0.25, 0.3) is 0 Å². The lowest BCUT2D eigenvalue weighted by atomic mass is 10.1. The van der Waals surface area contributed by atoms with Gasteiger partial charge < -0.3 is 18.9 Å². The number of esters is 2. The maximum atomic E-state index is 11.4. The molecule has 0 unspecified atom stereocenters. The first-order valence-electron chi connectivity index (χ1n) is 9.17. The van der Waals surface area contributed by atoms with Gasteiger partial charge in [0.05, 0.1) is 13.2 Å². The van der Waals surface area contributed by atoms with Gasteiger partial charge in [-0.3, -0.25) is 9.59 Å². The Bertz CT molecular complexity index is 276. The fourth-order valence-corrected chi connectivity index (χ4v) is 2.11. The molecule has 0 spiro atoms. The molecule has 0 rings (SSSR count). The Balaban J connectivity index is 3.24. The molecule has 0 aromatic carbocycles. The summed E-state index contributed by atoms with van der Waals surface area (Å²) >= 11 is 0. The molecular weight excluding hydrogens is 312 g/mol. The topological polar surface area (TPSA) is 71.1 Å². The summed E-state index contributed by atoms with van der Waals surface area (Å²) in [5, 5.41) is 0. The molecule has 24 heavy (non-hydrogen) atoms. The summed E-state index contributed by atoms with van der Waals surface area (Å²) in [5.41, 5.74) is 0. The summed E-state index contributed by atoms with van der Waals surface area (Å²) in [6.45, 7) is 6.72. The summed E-state index contributed by atoms with van der Waals surface area (Å²) in [6, 6.07) is 0. The lowest BCUT2D eigenvalue weighted by molar-refractivity contribution is -0.146. The van der Waals surface area contributed by atoms with Gasteiger partial charge in [-0.1, -0.05) is 25.7 Å². The average Bonchev–Trinajstić information content (AvgIpc) is 2.58. The van der Waals surface area contributed by atoms with E-state index in [-0.39, 0.29) is 11.9 Å². The molecule has 0 aromatic rings. The third kappa shape index (κ3) is 17.2. The molecular formula is C18H34O6. The predicted octanol–water partition coefficient (Wildman–Crippen LogP) is 3.27. The molecule has 142 valence electrons. The highest BCUT2D eigenvalue weighted by Crippen LogP contribution is 2.09. The summed E-state index contributed by atoms with van der Waals surface area (Å²) < 4.78 is 20.3. The van der Waals surface area contributed by atoms with Crippen LogP contribution in [0.4, 0.5) is 0 Å². The molecule has 0 amide bonds. The van der Waals surface area contributed by atoms with Crippen molar-refractivity contribution in [2.75, 3.05) is 39.6 Å². The first kappa shape index (κ1) is 22.9. The van der Waals surface area contributed by atoms with Gasteiger partial charge in [-0.05, 0) is 26.7 Å². The molecule has 0 saturated heterocycles. The summed E-state index contributed by atoms with van der Waals surface area (Å²) in [6.07, 6.45) is 6.83. The molecule has 0 aliphatic heterocycles. The SMILES string of the molecule is CCOCCOC(=O)CCCCCCCCC(=O)OCCOCC. The van der Waals surface area contributed by atoms with Crippen LogP contribution in [0, 0.1) is 0 Å². The zero-order valence-electron chi connectivity index (χ0n) is 15.3. The molecule has 0 heterocycles. The van der Waals surface area contributed by atoms with Crippen molar-refractivity contribution in [3.05, 3.63) is 0 Å². The van der Waals surface area contributed by atoms with Crippen molar-refractivity contribution in [2.45, 2.75) is 65.2 Å². The van der Waals surface area contributed by atoms with Gasteiger partial charge in [0.25, 0.3) is 0 Å². The minimum Gasteiger partial charge on any atom is -0.463 e. The van der Waals surface area contributed by atoms with Gasteiger partial charge in [0.1, 0.15) is 13.2 Å². The van der Waals surface area contributed by atoms with Crippen LogP contribution in [0.1, 0.15) is 65.2 Å². The van der Waals surface area contributed by atoms with E-state index in [1.54, 1.807) is 0 Å². The van der Waals surface area contributed by atoms with E-state index < -0.39 is 0 Å². The van der Waals surface area contributed by atoms with Gasteiger partial charge in [0, 0.05) is 26.1 Å². The van der Waals surface area contributed by atoms with E-state index in [0.29, 0.717) is 52.5 Å². The Labute approximate surface area is 146 Å². The zero-order chi connectivity index (χ0) is 17.9. The van der Waals surface area contributed by atoms with Crippen molar-refractivity contribution in [1.29, 1.82) is 0 Å². The standard InChI is InChI=1S/C18H34O6/c1-3-21-13-15-23-17(19)11-9-7-5-6-8-10-12-18(20)24-16-14-22-4-2/h3-16H2,1-2H3. The van der Waals surface area contributed by atoms with Crippen molar-refractivity contribution in [1.82, 2.24) is 0 Å². The Morgan fingerprint density at radius 2 is 0.958 bits per heavy atom. The quantitative estimate of drug-likeness (QED) is 0.297. The first-order valence-corrected chi connectivity index (χ1v) is 9.17. The van der Waals surface area contributed by atoms with E-state index in [2.05, 4.69) is 0 Å². The number of unbranched alkanes of at least 4 members (excludes halogenated alkanes) is 5. The van der Waals surface area contributed by atoms with Gasteiger partial charge >= 0.3 is 11.9 Å². The van der Waals surface area contributed by atoms with Crippen molar-refractivity contribution < 1.29 is 28.5 Å².